The Morgan fingerprint density at radius 1 is 1.03 bits per heavy atom. The number of hydrogen-bond acceptors (Lipinski definition) is 3. The van der Waals surface area contributed by atoms with Gasteiger partial charge in [-0.25, -0.2) is 4.39 Å². The largest absolute Gasteiger partial charge is 0.390 e. The summed E-state index contributed by atoms with van der Waals surface area (Å²) in [7, 11) is 0. The van der Waals surface area contributed by atoms with Crippen molar-refractivity contribution in [2.45, 2.75) is 26.0 Å². The van der Waals surface area contributed by atoms with Crippen LogP contribution in [0.5, 0.6) is 0 Å². The summed E-state index contributed by atoms with van der Waals surface area (Å²) in [6, 6.07) is 23.8. The summed E-state index contributed by atoms with van der Waals surface area (Å²) < 4.78 is 14.3. The van der Waals surface area contributed by atoms with Crippen LogP contribution in [0.25, 0.3) is 0 Å². The van der Waals surface area contributed by atoms with Crippen LogP contribution in [-0.2, 0) is 11.4 Å². The van der Waals surface area contributed by atoms with Gasteiger partial charge in [-0.3, -0.25) is 4.79 Å². The molecule has 152 valence electrons. The Kier molecular flexibility index (Phi) is 5.89. The topological polar surface area (TPSA) is 41.9 Å². The Morgan fingerprint density at radius 3 is 2.47 bits per heavy atom. The molecule has 0 fully saturated rings. The maximum Gasteiger partial charge on any atom is 0.257 e. The molecule has 1 aliphatic heterocycles. The first kappa shape index (κ1) is 19.8. The van der Waals surface area contributed by atoms with Gasteiger partial charge in [0.25, 0.3) is 5.91 Å². The zero-order valence-corrected chi connectivity index (χ0v) is 16.8. The summed E-state index contributed by atoms with van der Waals surface area (Å²) in [5, 5.41) is 4.23. The number of aryl methyl sites for hydroxylation is 1. The van der Waals surface area contributed by atoms with Gasteiger partial charge in [0.1, 0.15) is 5.82 Å². The van der Waals surface area contributed by atoms with Gasteiger partial charge < -0.3 is 9.74 Å². The van der Waals surface area contributed by atoms with Gasteiger partial charge in [-0.1, -0.05) is 77.4 Å². The lowest BCUT2D eigenvalue weighted by Crippen LogP contribution is -2.37. The standard InChI is InChI=1S/C25H23FN2O2/c1-18-11-13-20(14-12-18)24-15-21(30-27-24)17-28(16-19-7-3-2-4-8-19)25(29)22-9-5-6-10-23(22)26/h2-14,21H,15-17H2,1H3/t21-/m0/s1. The Bertz CT molecular complexity index is 1050. The first-order chi connectivity index (χ1) is 14.6. The van der Waals surface area contributed by atoms with Crippen LogP contribution in [0.4, 0.5) is 4.39 Å². The van der Waals surface area contributed by atoms with Gasteiger partial charge >= 0.3 is 0 Å². The zero-order chi connectivity index (χ0) is 20.9. The van der Waals surface area contributed by atoms with E-state index in [1.54, 1.807) is 17.0 Å². The molecule has 1 amide bonds. The van der Waals surface area contributed by atoms with E-state index in [1.165, 1.54) is 17.7 Å². The summed E-state index contributed by atoms with van der Waals surface area (Å²) >= 11 is 0. The Hall–Kier alpha value is -3.47. The van der Waals surface area contributed by atoms with Gasteiger partial charge in [-0.05, 0) is 30.2 Å². The fourth-order valence-corrected chi connectivity index (χ4v) is 3.52. The van der Waals surface area contributed by atoms with Crippen LogP contribution in [0, 0.1) is 12.7 Å². The van der Waals surface area contributed by atoms with Gasteiger partial charge in [-0.15, -0.1) is 0 Å². The molecule has 4 rings (SSSR count). The second kappa shape index (κ2) is 8.91. The molecule has 30 heavy (non-hydrogen) atoms. The molecule has 0 saturated carbocycles. The molecule has 4 nitrogen and oxygen atoms in total. The van der Waals surface area contributed by atoms with E-state index in [0.717, 1.165) is 16.8 Å². The van der Waals surface area contributed by atoms with E-state index in [-0.39, 0.29) is 17.6 Å². The second-order valence-electron chi connectivity index (χ2n) is 7.49. The average molecular weight is 402 g/mol. The highest BCUT2D eigenvalue weighted by atomic mass is 19.1. The quantitative estimate of drug-likeness (QED) is 0.584. The van der Waals surface area contributed by atoms with E-state index in [9.17, 15) is 9.18 Å². The van der Waals surface area contributed by atoms with Crippen LogP contribution >= 0.6 is 0 Å². The van der Waals surface area contributed by atoms with Crippen LogP contribution < -0.4 is 0 Å². The van der Waals surface area contributed by atoms with E-state index < -0.39 is 5.82 Å². The summed E-state index contributed by atoms with van der Waals surface area (Å²) in [6.45, 7) is 2.73. The fraction of sp³-hybridized carbons (Fsp3) is 0.200. The molecule has 0 unspecified atom stereocenters. The van der Waals surface area contributed by atoms with Crippen molar-refractivity contribution in [1.29, 1.82) is 0 Å². The van der Waals surface area contributed by atoms with Crippen molar-refractivity contribution in [2.24, 2.45) is 5.16 Å². The lowest BCUT2D eigenvalue weighted by atomic mass is 10.0. The molecule has 0 aromatic heterocycles. The maximum atomic E-state index is 14.3. The lowest BCUT2D eigenvalue weighted by molar-refractivity contribution is 0.0402. The molecule has 3 aromatic rings. The Balaban J connectivity index is 1.51. The van der Waals surface area contributed by atoms with E-state index >= 15 is 0 Å². The van der Waals surface area contributed by atoms with Gasteiger partial charge in [0.2, 0.25) is 0 Å². The first-order valence-electron chi connectivity index (χ1n) is 9.97. The van der Waals surface area contributed by atoms with Crippen LogP contribution in [-0.4, -0.2) is 29.2 Å². The number of nitrogens with zero attached hydrogens (tertiary/aromatic N) is 2. The number of hydrogen-bond donors (Lipinski definition) is 0. The average Bonchev–Trinajstić information content (AvgIpc) is 3.23. The third-order valence-electron chi connectivity index (χ3n) is 5.15. The smallest absolute Gasteiger partial charge is 0.257 e. The third-order valence-corrected chi connectivity index (χ3v) is 5.15. The van der Waals surface area contributed by atoms with Gasteiger partial charge in [-0.2, -0.15) is 0 Å². The number of carbonyl (C=O) groups is 1. The molecule has 5 heteroatoms. The van der Waals surface area contributed by atoms with Crippen molar-refractivity contribution < 1.29 is 14.0 Å². The van der Waals surface area contributed by atoms with Crippen molar-refractivity contribution in [3.05, 3.63) is 107 Å². The molecule has 0 aliphatic carbocycles. The summed E-state index contributed by atoms with van der Waals surface area (Å²) in [5.41, 5.74) is 4.08. The maximum absolute atomic E-state index is 14.3. The predicted octanol–water partition coefficient (Wildman–Crippen LogP) is 4.97. The van der Waals surface area contributed by atoms with Gasteiger partial charge in [0.15, 0.2) is 6.10 Å². The van der Waals surface area contributed by atoms with Gasteiger partial charge in [0, 0.05) is 13.0 Å². The summed E-state index contributed by atoms with van der Waals surface area (Å²) in [5.74, 6) is -0.881. The molecular weight excluding hydrogens is 379 g/mol. The zero-order valence-electron chi connectivity index (χ0n) is 16.8. The highest BCUT2D eigenvalue weighted by Gasteiger charge is 2.28. The Labute approximate surface area is 175 Å². The van der Waals surface area contributed by atoms with Crippen molar-refractivity contribution in [3.63, 3.8) is 0 Å². The Morgan fingerprint density at radius 2 is 1.73 bits per heavy atom. The molecule has 1 aliphatic rings. The molecule has 0 saturated heterocycles. The molecule has 1 heterocycles. The fourth-order valence-electron chi connectivity index (χ4n) is 3.52. The number of halogens is 1. The number of benzene rings is 3. The van der Waals surface area contributed by atoms with Crippen LogP contribution in [0.3, 0.4) is 0 Å². The summed E-state index contributed by atoms with van der Waals surface area (Å²) in [4.78, 5) is 20.4. The first-order valence-corrected chi connectivity index (χ1v) is 9.97. The van der Waals surface area contributed by atoms with Crippen molar-refractivity contribution in [2.75, 3.05) is 6.54 Å². The molecule has 1 atom stereocenters. The highest BCUT2D eigenvalue weighted by Crippen LogP contribution is 2.21. The molecule has 0 N–H and O–H groups in total. The minimum absolute atomic E-state index is 0.0612. The van der Waals surface area contributed by atoms with Crippen LogP contribution in [0.15, 0.2) is 84.0 Å². The van der Waals surface area contributed by atoms with Crippen LogP contribution in [0.1, 0.15) is 33.5 Å². The number of carbonyl (C=O) groups excluding carboxylic acids is 1. The second-order valence-corrected chi connectivity index (χ2v) is 7.49. The normalized spacial score (nSPS) is 15.4. The van der Waals surface area contributed by atoms with Gasteiger partial charge in [0.05, 0.1) is 17.8 Å². The number of amides is 1. The molecule has 0 bridgehead atoms. The van der Waals surface area contributed by atoms with E-state index in [2.05, 4.69) is 5.16 Å². The minimum Gasteiger partial charge on any atom is -0.390 e. The van der Waals surface area contributed by atoms with E-state index in [0.29, 0.717) is 19.5 Å². The van der Waals surface area contributed by atoms with Crippen LogP contribution in [0.2, 0.25) is 0 Å². The number of oxime groups is 1. The van der Waals surface area contributed by atoms with E-state index in [4.69, 9.17) is 4.84 Å². The van der Waals surface area contributed by atoms with Crippen molar-refractivity contribution >= 4 is 11.6 Å². The van der Waals surface area contributed by atoms with Crippen molar-refractivity contribution in [3.8, 4) is 0 Å². The minimum atomic E-state index is -0.524. The predicted molar refractivity (Wildman–Crippen MR) is 115 cm³/mol. The molecule has 3 aromatic carbocycles. The molecule has 0 radical (unpaired) electrons. The highest BCUT2D eigenvalue weighted by molar-refractivity contribution is 6.01. The lowest BCUT2D eigenvalue weighted by Gasteiger charge is -2.25. The number of rotatable bonds is 6. The van der Waals surface area contributed by atoms with Crippen molar-refractivity contribution in [1.82, 2.24) is 4.90 Å². The summed E-state index contributed by atoms with van der Waals surface area (Å²) in [6.07, 6.45) is 0.319. The third kappa shape index (κ3) is 4.57. The van der Waals surface area contributed by atoms with E-state index in [1.807, 2.05) is 61.5 Å². The SMILES string of the molecule is Cc1ccc(C2=NO[C@H](CN(Cc3ccccc3)C(=O)c3ccccc3F)C2)cc1. The monoisotopic (exact) mass is 402 g/mol. The molecule has 0 spiro atoms. The molecular formula is C25H23FN2O2.